The molecule has 0 amide bonds. The van der Waals surface area contributed by atoms with E-state index in [4.69, 9.17) is 9.72 Å². The monoisotopic (exact) mass is 393 g/mol. The van der Waals surface area contributed by atoms with Crippen LogP contribution >= 0.6 is 0 Å². The van der Waals surface area contributed by atoms with Crippen LogP contribution in [0.25, 0.3) is 22.6 Å². The molecular weight excluding hydrogens is 374 g/mol. The summed E-state index contributed by atoms with van der Waals surface area (Å²) in [5, 5.41) is 10.5. The Bertz CT molecular complexity index is 1280. The molecule has 1 aromatic heterocycles. The van der Waals surface area contributed by atoms with Crippen LogP contribution in [0.1, 0.15) is 33.6 Å². The lowest BCUT2D eigenvalue weighted by atomic mass is 10.0. The highest BCUT2D eigenvalue weighted by molar-refractivity contribution is 6.06. The first-order valence-corrected chi connectivity index (χ1v) is 9.88. The predicted octanol–water partition coefficient (Wildman–Crippen LogP) is 6.21. The van der Waals surface area contributed by atoms with Gasteiger partial charge < -0.3 is 9.84 Å². The molecule has 0 fully saturated rings. The average molecular weight is 393 g/mol. The zero-order valence-corrected chi connectivity index (χ0v) is 16.2. The first kappa shape index (κ1) is 18.1. The molecule has 5 rings (SSSR count). The van der Waals surface area contributed by atoms with Crippen molar-refractivity contribution in [1.29, 1.82) is 0 Å². The highest BCUT2D eigenvalue weighted by Gasteiger charge is 2.26. The highest BCUT2D eigenvalue weighted by atomic mass is 16.5. The number of benzene rings is 3. The Labute approximate surface area is 174 Å². The zero-order chi connectivity index (χ0) is 20.5. The van der Waals surface area contributed by atoms with E-state index in [1.165, 1.54) is 0 Å². The molecule has 30 heavy (non-hydrogen) atoms. The second-order valence-corrected chi connectivity index (χ2v) is 7.29. The van der Waals surface area contributed by atoms with Crippen molar-refractivity contribution in [3.05, 3.63) is 101 Å². The highest BCUT2D eigenvalue weighted by Crippen LogP contribution is 2.37. The van der Waals surface area contributed by atoms with Crippen LogP contribution in [0.15, 0.2) is 78.9 Å². The number of carboxylic acids is 1. The minimum atomic E-state index is -0.895. The lowest BCUT2D eigenvalue weighted by Gasteiger charge is -2.09. The van der Waals surface area contributed by atoms with Gasteiger partial charge in [0.05, 0.1) is 16.8 Å². The number of hydrogen-bond donors (Lipinski definition) is 1. The quantitative estimate of drug-likeness (QED) is 0.448. The standard InChI is InChI=1S/C26H19NO3/c28-26(29)24-21-8-4-5-9-23(21)27-25-18(12-15-22(24)25)16-17-10-13-20(14-11-17)30-19-6-2-1-3-7-19/h1-11,13-14,16H,12,15H2,(H,28,29)/b18-16+. The number of para-hydroxylation sites is 2. The van der Waals surface area contributed by atoms with Crippen LogP contribution in [0.5, 0.6) is 11.5 Å². The summed E-state index contributed by atoms with van der Waals surface area (Å²) in [6.45, 7) is 0. The molecule has 1 aliphatic carbocycles. The summed E-state index contributed by atoms with van der Waals surface area (Å²) >= 11 is 0. The Hall–Kier alpha value is -3.92. The molecule has 0 spiro atoms. The summed E-state index contributed by atoms with van der Waals surface area (Å²) in [7, 11) is 0. The lowest BCUT2D eigenvalue weighted by Crippen LogP contribution is -2.05. The molecule has 0 unspecified atom stereocenters. The molecule has 4 heteroatoms. The average Bonchev–Trinajstić information content (AvgIpc) is 3.16. The fourth-order valence-corrected chi connectivity index (χ4v) is 3.98. The minimum Gasteiger partial charge on any atom is -0.478 e. The fourth-order valence-electron chi connectivity index (χ4n) is 3.98. The maximum absolute atomic E-state index is 12.0. The van der Waals surface area contributed by atoms with Gasteiger partial charge in [-0.3, -0.25) is 0 Å². The van der Waals surface area contributed by atoms with Gasteiger partial charge in [0.25, 0.3) is 0 Å². The molecule has 0 atom stereocenters. The molecule has 0 bridgehead atoms. The molecule has 0 saturated carbocycles. The summed E-state index contributed by atoms with van der Waals surface area (Å²) in [6, 6.07) is 25.0. The largest absolute Gasteiger partial charge is 0.478 e. The van der Waals surface area contributed by atoms with Gasteiger partial charge in [-0.15, -0.1) is 0 Å². The van der Waals surface area contributed by atoms with Crippen LogP contribution in [0.3, 0.4) is 0 Å². The summed E-state index contributed by atoms with van der Waals surface area (Å²) in [4.78, 5) is 16.8. The molecule has 1 heterocycles. The van der Waals surface area contributed by atoms with Crippen LogP contribution in [0, 0.1) is 0 Å². The number of hydrogen-bond acceptors (Lipinski definition) is 3. The van der Waals surface area contributed by atoms with Crippen molar-refractivity contribution in [3.8, 4) is 11.5 Å². The molecule has 4 aromatic rings. The number of nitrogens with zero attached hydrogens (tertiary/aromatic N) is 1. The predicted molar refractivity (Wildman–Crippen MR) is 118 cm³/mol. The third-order valence-corrected chi connectivity index (χ3v) is 5.36. The number of rotatable bonds is 4. The van der Waals surface area contributed by atoms with Crippen molar-refractivity contribution in [3.63, 3.8) is 0 Å². The Morgan fingerprint density at radius 1 is 0.867 bits per heavy atom. The smallest absolute Gasteiger partial charge is 0.336 e. The van der Waals surface area contributed by atoms with Crippen molar-refractivity contribution in [2.75, 3.05) is 0 Å². The van der Waals surface area contributed by atoms with Gasteiger partial charge in [-0.1, -0.05) is 48.5 Å². The molecule has 0 aliphatic heterocycles. The van der Waals surface area contributed by atoms with Crippen LogP contribution < -0.4 is 4.74 Å². The van der Waals surface area contributed by atoms with Crippen LogP contribution in [-0.2, 0) is 6.42 Å². The SMILES string of the molecule is O=C(O)c1c2c(nc3ccccc13)/C(=C/c1ccc(Oc3ccccc3)cc1)CC2. The first-order chi connectivity index (χ1) is 14.7. The molecule has 1 aliphatic rings. The van der Waals surface area contributed by atoms with Gasteiger partial charge in [-0.2, -0.15) is 0 Å². The fraction of sp³-hybridized carbons (Fsp3) is 0.0769. The van der Waals surface area contributed by atoms with Gasteiger partial charge in [-0.05, 0) is 65.9 Å². The van der Waals surface area contributed by atoms with Gasteiger partial charge in [-0.25, -0.2) is 9.78 Å². The molecule has 1 N–H and O–H groups in total. The van der Waals surface area contributed by atoms with E-state index in [-0.39, 0.29) is 0 Å². The minimum absolute atomic E-state index is 0.380. The third-order valence-electron chi connectivity index (χ3n) is 5.36. The van der Waals surface area contributed by atoms with E-state index in [9.17, 15) is 9.90 Å². The van der Waals surface area contributed by atoms with E-state index >= 15 is 0 Å². The van der Waals surface area contributed by atoms with Gasteiger partial charge in [0.15, 0.2) is 0 Å². The summed E-state index contributed by atoms with van der Waals surface area (Å²) < 4.78 is 5.85. The van der Waals surface area contributed by atoms with Crippen molar-refractivity contribution >= 4 is 28.5 Å². The van der Waals surface area contributed by atoms with E-state index in [1.54, 1.807) is 0 Å². The molecule has 0 radical (unpaired) electrons. The topological polar surface area (TPSA) is 59.4 Å². The number of allylic oxidation sites excluding steroid dienone is 1. The number of ether oxygens (including phenoxy) is 1. The Kier molecular flexibility index (Phi) is 4.52. The Morgan fingerprint density at radius 3 is 2.33 bits per heavy atom. The second kappa shape index (κ2) is 7.48. The van der Waals surface area contributed by atoms with Crippen LogP contribution in [0.2, 0.25) is 0 Å². The normalized spacial score (nSPS) is 14.1. The maximum atomic E-state index is 12.0. The Morgan fingerprint density at radius 2 is 1.57 bits per heavy atom. The number of carbonyl (C=O) groups is 1. The van der Waals surface area contributed by atoms with Crippen molar-refractivity contribution < 1.29 is 14.6 Å². The van der Waals surface area contributed by atoms with E-state index in [1.807, 2.05) is 78.9 Å². The second-order valence-electron chi connectivity index (χ2n) is 7.29. The molecule has 146 valence electrons. The molecular formula is C26H19NO3. The maximum Gasteiger partial charge on any atom is 0.336 e. The summed E-state index contributed by atoms with van der Waals surface area (Å²) in [6.07, 6.45) is 3.56. The first-order valence-electron chi connectivity index (χ1n) is 9.88. The molecule has 4 nitrogen and oxygen atoms in total. The number of aromatic nitrogens is 1. The van der Waals surface area contributed by atoms with Gasteiger partial charge in [0.1, 0.15) is 11.5 Å². The summed E-state index contributed by atoms with van der Waals surface area (Å²) in [5.41, 5.74) is 4.82. The molecule has 0 saturated heterocycles. The molecule has 3 aromatic carbocycles. The van der Waals surface area contributed by atoms with Crippen LogP contribution in [0.4, 0.5) is 0 Å². The number of carboxylic acid groups (broad SMARTS) is 1. The van der Waals surface area contributed by atoms with E-state index < -0.39 is 5.97 Å². The van der Waals surface area contributed by atoms with Crippen molar-refractivity contribution in [2.24, 2.45) is 0 Å². The van der Waals surface area contributed by atoms with E-state index in [2.05, 4.69) is 6.08 Å². The van der Waals surface area contributed by atoms with Gasteiger partial charge >= 0.3 is 5.97 Å². The van der Waals surface area contributed by atoms with Crippen LogP contribution in [-0.4, -0.2) is 16.1 Å². The van der Waals surface area contributed by atoms with E-state index in [0.29, 0.717) is 22.9 Å². The van der Waals surface area contributed by atoms with Gasteiger partial charge in [0, 0.05) is 5.39 Å². The lowest BCUT2D eigenvalue weighted by molar-refractivity contribution is 0.0698. The third kappa shape index (κ3) is 3.33. The number of fused-ring (bicyclic) bond motifs is 2. The number of aromatic carboxylic acids is 1. The van der Waals surface area contributed by atoms with E-state index in [0.717, 1.165) is 40.3 Å². The number of pyridine rings is 1. The zero-order valence-electron chi connectivity index (χ0n) is 16.2. The summed E-state index contributed by atoms with van der Waals surface area (Å²) in [5.74, 6) is 0.673. The van der Waals surface area contributed by atoms with Gasteiger partial charge in [0.2, 0.25) is 0 Å². The Balaban J connectivity index is 1.49. The van der Waals surface area contributed by atoms with Crippen molar-refractivity contribution in [2.45, 2.75) is 12.8 Å². The van der Waals surface area contributed by atoms with Crippen molar-refractivity contribution in [1.82, 2.24) is 4.98 Å².